The molecule has 3 aliphatic rings. The zero-order valence-electron chi connectivity index (χ0n) is 23.9. The summed E-state index contributed by atoms with van der Waals surface area (Å²) in [7, 11) is 0. The third-order valence-corrected chi connectivity index (χ3v) is 9.16. The predicted molar refractivity (Wildman–Crippen MR) is 158 cm³/mol. The molecule has 2 N–H and O–H groups in total. The zero-order valence-corrected chi connectivity index (χ0v) is 23.9. The van der Waals surface area contributed by atoms with Crippen LogP contribution in [0.25, 0.3) is 11.0 Å². The Bertz CT molecular complexity index is 1480. The van der Waals surface area contributed by atoms with E-state index in [2.05, 4.69) is 27.4 Å². The van der Waals surface area contributed by atoms with Gasteiger partial charge in [-0.2, -0.15) is 0 Å². The molecule has 1 aliphatic carbocycles. The Balaban J connectivity index is 1.10. The van der Waals surface area contributed by atoms with E-state index in [1.807, 2.05) is 23.1 Å². The van der Waals surface area contributed by atoms with Crippen molar-refractivity contribution >= 4 is 28.7 Å². The monoisotopic (exact) mass is 573 g/mol. The number of anilines is 1. The lowest BCUT2D eigenvalue weighted by molar-refractivity contribution is -0.142. The van der Waals surface area contributed by atoms with Gasteiger partial charge in [-0.05, 0) is 62.1 Å². The van der Waals surface area contributed by atoms with E-state index in [9.17, 15) is 19.5 Å². The van der Waals surface area contributed by atoms with Gasteiger partial charge in [-0.25, -0.2) is 9.97 Å². The van der Waals surface area contributed by atoms with E-state index < -0.39 is 5.60 Å². The second-order valence-electron chi connectivity index (χ2n) is 12.1. The van der Waals surface area contributed by atoms with Crippen molar-refractivity contribution in [2.24, 2.45) is 5.92 Å². The lowest BCUT2D eigenvalue weighted by Gasteiger charge is -2.41. The first kappa shape index (κ1) is 28.5. The Kier molecular flexibility index (Phi) is 8.35. The molecule has 4 heterocycles. The van der Waals surface area contributed by atoms with E-state index in [-0.39, 0.29) is 59.6 Å². The number of likely N-dealkylation sites (tertiary alicyclic amines) is 1. The molecule has 2 amide bonds. The summed E-state index contributed by atoms with van der Waals surface area (Å²) in [6, 6.07) is 13.6. The van der Waals surface area contributed by atoms with Crippen LogP contribution in [-0.4, -0.2) is 67.8 Å². The minimum absolute atomic E-state index is 0.0360. The van der Waals surface area contributed by atoms with Gasteiger partial charge < -0.3 is 20.1 Å². The van der Waals surface area contributed by atoms with Crippen LogP contribution in [-0.2, 0) is 20.9 Å². The number of aliphatic hydroxyl groups is 1. The van der Waals surface area contributed by atoms with E-state index in [1.54, 1.807) is 12.1 Å². The molecule has 6 rings (SSSR count). The highest BCUT2D eigenvalue weighted by Gasteiger charge is 2.39. The summed E-state index contributed by atoms with van der Waals surface area (Å²) >= 11 is 0. The first-order chi connectivity index (χ1) is 20.4. The third kappa shape index (κ3) is 6.24. The number of benzene rings is 1. The molecule has 42 heavy (non-hydrogen) atoms. The molecule has 2 saturated heterocycles. The molecular weight excluding hydrogens is 534 g/mol. The number of carbonyl (C=O) groups excluding carboxylic acids is 2. The van der Waals surface area contributed by atoms with Gasteiger partial charge in [0.2, 0.25) is 11.8 Å². The van der Waals surface area contributed by atoms with Crippen LogP contribution in [0.1, 0.15) is 69.3 Å². The van der Waals surface area contributed by atoms with E-state index in [0.717, 1.165) is 38.5 Å². The number of hydrogen-bond donors (Lipinski definition) is 2. The molecule has 2 aliphatic heterocycles. The van der Waals surface area contributed by atoms with Gasteiger partial charge in [-0.15, -0.1) is 0 Å². The van der Waals surface area contributed by atoms with Crippen molar-refractivity contribution in [3.8, 4) is 0 Å². The number of nitrogens with zero attached hydrogens (tertiary/aromatic N) is 4. The number of amides is 2. The fourth-order valence-corrected chi connectivity index (χ4v) is 6.80. The van der Waals surface area contributed by atoms with E-state index >= 15 is 0 Å². The van der Waals surface area contributed by atoms with Crippen LogP contribution in [0.15, 0.2) is 53.6 Å². The second kappa shape index (κ2) is 12.3. The van der Waals surface area contributed by atoms with Crippen LogP contribution in [0.4, 0.5) is 5.82 Å². The van der Waals surface area contributed by atoms with Gasteiger partial charge in [0.1, 0.15) is 5.82 Å². The lowest BCUT2D eigenvalue weighted by Crippen LogP contribution is -2.51. The number of pyridine rings is 1. The molecule has 0 bridgehead atoms. The lowest BCUT2D eigenvalue weighted by atomic mass is 9.74. The molecule has 10 heteroatoms. The highest BCUT2D eigenvalue weighted by molar-refractivity contribution is 5.91. The maximum absolute atomic E-state index is 13.6. The fraction of sp³-hybridized carbons (Fsp3) is 0.531. The fourth-order valence-electron chi connectivity index (χ4n) is 6.80. The van der Waals surface area contributed by atoms with Crippen molar-refractivity contribution in [3.05, 3.63) is 64.7 Å². The van der Waals surface area contributed by atoms with Gasteiger partial charge in [-0.3, -0.25) is 19.0 Å². The molecule has 2 aromatic heterocycles. The molecule has 3 atom stereocenters. The summed E-state index contributed by atoms with van der Waals surface area (Å²) in [5, 5.41) is 14.2. The third-order valence-electron chi connectivity index (χ3n) is 9.16. The zero-order chi connectivity index (χ0) is 29.1. The first-order valence-corrected chi connectivity index (χ1v) is 15.2. The average Bonchev–Trinajstić information content (AvgIpc) is 3.52. The molecule has 0 radical (unpaired) electrons. The number of ether oxygens (including phenoxy) is 1. The number of hydrogen-bond acceptors (Lipinski definition) is 7. The molecular formula is C32H39N5O5. The molecule has 1 unspecified atom stereocenters. The second-order valence-corrected chi connectivity index (χ2v) is 12.1. The average molecular weight is 574 g/mol. The molecule has 222 valence electrons. The number of nitrogens with one attached hydrogen (secondary N) is 1. The Hall–Kier alpha value is -3.63. The largest absolute Gasteiger partial charge is 0.388 e. The van der Waals surface area contributed by atoms with Crippen LogP contribution in [0.5, 0.6) is 0 Å². The molecule has 0 spiro atoms. The van der Waals surface area contributed by atoms with Crippen LogP contribution in [0.2, 0.25) is 0 Å². The summed E-state index contributed by atoms with van der Waals surface area (Å²) in [6.45, 7) is 1.63. The van der Waals surface area contributed by atoms with Gasteiger partial charge in [-0.1, -0.05) is 43.2 Å². The van der Waals surface area contributed by atoms with Crippen LogP contribution in [0, 0.1) is 5.92 Å². The number of aromatic nitrogens is 3. The standard InChI is InChI=1S/C32H39N5O5/c38-28(19-23-9-6-18-42-23)34-27-13-12-26-29(35-27)31(40)37(21-33-26)20-32(41)14-16-36(17-15-32)30(39)25-11-5-4-10-24(25)22-7-2-1-3-8-22/h1-3,7-8,12-13,21,23-25,41H,4-6,9-11,14-20H2,(H,34,35,38)/t23?,24-,25+/m1/s1. The van der Waals surface area contributed by atoms with E-state index in [1.165, 1.54) is 16.5 Å². The van der Waals surface area contributed by atoms with Gasteiger partial charge in [0.15, 0.2) is 5.52 Å². The normalized spacial score (nSPS) is 24.0. The topological polar surface area (TPSA) is 127 Å². The van der Waals surface area contributed by atoms with Crippen molar-refractivity contribution in [2.45, 2.75) is 82.0 Å². The van der Waals surface area contributed by atoms with Crippen molar-refractivity contribution < 1.29 is 19.4 Å². The van der Waals surface area contributed by atoms with Crippen LogP contribution >= 0.6 is 0 Å². The highest BCUT2D eigenvalue weighted by atomic mass is 16.5. The minimum Gasteiger partial charge on any atom is -0.388 e. The van der Waals surface area contributed by atoms with Crippen LogP contribution < -0.4 is 10.9 Å². The first-order valence-electron chi connectivity index (χ1n) is 15.2. The van der Waals surface area contributed by atoms with Crippen LogP contribution in [0.3, 0.4) is 0 Å². The Morgan fingerprint density at radius 2 is 1.81 bits per heavy atom. The van der Waals surface area contributed by atoms with E-state index in [0.29, 0.717) is 38.1 Å². The Labute approximate surface area is 245 Å². The molecule has 1 saturated carbocycles. The minimum atomic E-state index is -1.14. The maximum atomic E-state index is 13.6. The predicted octanol–water partition coefficient (Wildman–Crippen LogP) is 3.63. The summed E-state index contributed by atoms with van der Waals surface area (Å²) in [6.07, 6.45) is 8.26. The van der Waals surface area contributed by atoms with Crippen molar-refractivity contribution in [2.75, 3.05) is 25.0 Å². The van der Waals surface area contributed by atoms with Crippen molar-refractivity contribution in [1.29, 1.82) is 0 Å². The smallest absolute Gasteiger partial charge is 0.280 e. The SMILES string of the molecule is O=C(CC1CCCO1)Nc1ccc2ncn(CC3(O)CCN(C(=O)[C@H]4CCCC[C@@H]4c4ccccc4)CC3)c(=O)c2n1. The van der Waals surface area contributed by atoms with Gasteiger partial charge in [0.25, 0.3) is 5.56 Å². The number of carbonyl (C=O) groups is 2. The van der Waals surface area contributed by atoms with Gasteiger partial charge >= 0.3 is 0 Å². The number of rotatable bonds is 7. The number of piperidine rings is 1. The van der Waals surface area contributed by atoms with Gasteiger partial charge in [0.05, 0.1) is 36.5 Å². The quantitative estimate of drug-likeness (QED) is 0.442. The Morgan fingerprint density at radius 1 is 1.02 bits per heavy atom. The number of fused-ring (bicyclic) bond motifs is 1. The summed E-state index contributed by atoms with van der Waals surface area (Å²) in [5.41, 5.74) is 0.254. The molecule has 3 aromatic rings. The molecule has 3 fully saturated rings. The van der Waals surface area contributed by atoms with E-state index in [4.69, 9.17) is 4.74 Å². The summed E-state index contributed by atoms with van der Waals surface area (Å²) in [4.78, 5) is 50.1. The summed E-state index contributed by atoms with van der Waals surface area (Å²) < 4.78 is 6.92. The highest BCUT2D eigenvalue weighted by Crippen LogP contribution is 2.39. The maximum Gasteiger partial charge on any atom is 0.280 e. The molecule has 10 nitrogen and oxygen atoms in total. The molecule has 1 aromatic carbocycles. The van der Waals surface area contributed by atoms with Crippen molar-refractivity contribution in [3.63, 3.8) is 0 Å². The summed E-state index contributed by atoms with van der Waals surface area (Å²) in [5.74, 6) is 0.439. The van der Waals surface area contributed by atoms with Crippen molar-refractivity contribution in [1.82, 2.24) is 19.4 Å². The van der Waals surface area contributed by atoms with Gasteiger partial charge in [0, 0.05) is 25.6 Å². The Morgan fingerprint density at radius 3 is 2.57 bits per heavy atom.